The molecule has 4 nitrogen and oxygen atoms in total. The number of aliphatic hydroxyl groups is 1. The van der Waals surface area contributed by atoms with Crippen LogP contribution in [0.25, 0.3) is 0 Å². The molecule has 0 heterocycles. The summed E-state index contributed by atoms with van der Waals surface area (Å²) in [6.45, 7) is 5.90. The summed E-state index contributed by atoms with van der Waals surface area (Å²) in [4.78, 5) is 0.235. The number of sulfonamides is 1. The lowest BCUT2D eigenvalue weighted by Crippen LogP contribution is -2.27. The van der Waals surface area contributed by atoms with Gasteiger partial charge in [-0.2, -0.15) is 0 Å². The molecule has 17 heavy (non-hydrogen) atoms. The van der Waals surface area contributed by atoms with Crippen molar-refractivity contribution in [2.24, 2.45) is 0 Å². The maximum Gasteiger partial charge on any atom is 0.240 e. The zero-order chi connectivity index (χ0) is 13.1. The average Bonchev–Trinajstić information content (AvgIpc) is 2.25. The lowest BCUT2D eigenvalue weighted by atomic mass is 9.87. The number of benzene rings is 1. The Hall–Kier alpha value is -0.910. The van der Waals surface area contributed by atoms with Crippen LogP contribution in [0, 0.1) is 0 Å². The molecule has 5 heteroatoms. The number of aliphatic hydroxyl groups excluding tert-OH is 1. The minimum absolute atomic E-state index is 0.0298. The third-order valence-electron chi connectivity index (χ3n) is 2.41. The lowest BCUT2D eigenvalue weighted by molar-refractivity contribution is 0.301. The fraction of sp³-hybridized carbons (Fsp3) is 0.500. The second kappa shape index (κ2) is 5.16. The van der Waals surface area contributed by atoms with Crippen LogP contribution in [0.4, 0.5) is 0 Å². The minimum atomic E-state index is -3.52. The molecule has 0 aliphatic carbocycles. The second-order valence-corrected chi connectivity index (χ2v) is 6.67. The largest absolute Gasteiger partial charge is 0.395 e. The Bertz CT molecular complexity index is 475. The highest BCUT2D eigenvalue weighted by Crippen LogP contribution is 2.24. The molecule has 0 radical (unpaired) electrons. The van der Waals surface area contributed by atoms with Crippen LogP contribution >= 0.6 is 0 Å². The van der Waals surface area contributed by atoms with Crippen LogP contribution in [-0.4, -0.2) is 26.7 Å². The molecule has 1 rings (SSSR count). The highest BCUT2D eigenvalue weighted by atomic mass is 32.2. The summed E-state index contributed by atoms with van der Waals surface area (Å²) in [6.07, 6.45) is 0. The monoisotopic (exact) mass is 257 g/mol. The predicted molar refractivity (Wildman–Crippen MR) is 67.4 cm³/mol. The summed E-state index contributed by atoms with van der Waals surface area (Å²) in [6, 6.07) is 6.85. The molecule has 0 aliphatic rings. The van der Waals surface area contributed by atoms with Crippen LogP contribution in [0.1, 0.15) is 26.3 Å². The van der Waals surface area contributed by atoms with Crippen molar-refractivity contribution < 1.29 is 13.5 Å². The van der Waals surface area contributed by atoms with Crippen molar-refractivity contribution in [2.45, 2.75) is 31.1 Å². The summed E-state index contributed by atoms with van der Waals surface area (Å²) >= 11 is 0. The van der Waals surface area contributed by atoms with Gasteiger partial charge in [0.25, 0.3) is 0 Å². The van der Waals surface area contributed by atoms with Crippen molar-refractivity contribution in [3.05, 3.63) is 29.8 Å². The first-order valence-corrected chi connectivity index (χ1v) is 6.97. The van der Waals surface area contributed by atoms with E-state index in [2.05, 4.69) is 4.72 Å². The van der Waals surface area contributed by atoms with Gasteiger partial charge in [-0.1, -0.05) is 32.9 Å². The van der Waals surface area contributed by atoms with Crippen LogP contribution in [0.15, 0.2) is 29.2 Å². The molecule has 1 aromatic rings. The van der Waals surface area contributed by atoms with Crippen LogP contribution in [0.2, 0.25) is 0 Å². The van der Waals surface area contributed by atoms with Crippen LogP contribution < -0.4 is 4.72 Å². The normalized spacial score (nSPS) is 12.7. The van der Waals surface area contributed by atoms with Crippen molar-refractivity contribution >= 4 is 10.0 Å². The number of hydrogen-bond acceptors (Lipinski definition) is 3. The number of rotatable bonds is 4. The first-order valence-electron chi connectivity index (χ1n) is 5.48. The third kappa shape index (κ3) is 3.80. The molecule has 0 saturated carbocycles. The van der Waals surface area contributed by atoms with E-state index in [-0.39, 0.29) is 23.5 Å². The van der Waals surface area contributed by atoms with Gasteiger partial charge in [0.2, 0.25) is 10.0 Å². The van der Waals surface area contributed by atoms with E-state index in [0.29, 0.717) is 0 Å². The Labute approximate surface area is 103 Å². The maximum absolute atomic E-state index is 11.8. The van der Waals surface area contributed by atoms with Gasteiger partial charge in [-0.15, -0.1) is 0 Å². The zero-order valence-electron chi connectivity index (χ0n) is 10.4. The molecule has 0 aromatic heterocycles. The molecule has 0 atom stereocenters. The van der Waals surface area contributed by atoms with Gasteiger partial charge >= 0.3 is 0 Å². The van der Waals surface area contributed by atoms with Gasteiger partial charge in [0.1, 0.15) is 0 Å². The molecule has 0 aliphatic heterocycles. The molecular formula is C12H19NO3S. The van der Waals surface area contributed by atoms with Crippen molar-refractivity contribution in [1.82, 2.24) is 4.72 Å². The lowest BCUT2D eigenvalue weighted by Gasteiger charge is -2.19. The summed E-state index contributed by atoms with van der Waals surface area (Å²) < 4.78 is 26.0. The van der Waals surface area contributed by atoms with Crippen molar-refractivity contribution in [2.75, 3.05) is 13.2 Å². The zero-order valence-corrected chi connectivity index (χ0v) is 11.2. The van der Waals surface area contributed by atoms with E-state index in [1.165, 1.54) is 0 Å². The first kappa shape index (κ1) is 14.2. The second-order valence-electron chi connectivity index (χ2n) is 4.90. The Balaban J connectivity index is 3.08. The van der Waals surface area contributed by atoms with E-state index in [1.54, 1.807) is 18.2 Å². The van der Waals surface area contributed by atoms with Gasteiger partial charge in [-0.3, -0.25) is 0 Å². The van der Waals surface area contributed by atoms with E-state index in [1.807, 2.05) is 26.8 Å². The molecule has 0 amide bonds. The molecule has 0 bridgehead atoms. The maximum atomic E-state index is 11.8. The fourth-order valence-corrected chi connectivity index (χ4v) is 2.46. The van der Waals surface area contributed by atoms with Crippen molar-refractivity contribution in [3.63, 3.8) is 0 Å². The first-order chi connectivity index (χ1) is 7.77. The van der Waals surface area contributed by atoms with Crippen LogP contribution in [-0.2, 0) is 15.4 Å². The van der Waals surface area contributed by atoms with E-state index in [0.717, 1.165) is 5.56 Å². The molecule has 0 fully saturated rings. The van der Waals surface area contributed by atoms with Gasteiger partial charge < -0.3 is 5.11 Å². The van der Waals surface area contributed by atoms with Gasteiger partial charge in [0, 0.05) is 6.54 Å². The highest BCUT2D eigenvalue weighted by molar-refractivity contribution is 7.89. The summed E-state index contributed by atoms with van der Waals surface area (Å²) in [5.74, 6) is 0. The van der Waals surface area contributed by atoms with Crippen LogP contribution in [0.3, 0.4) is 0 Å². The van der Waals surface area contributed by atoms with E-state index in [4.69, 9.17) is 5.11 Å². The van der Waals surface area contributed by atoms with Crippen LogP contribution in [0.5, 0.6) is 0 Å². The standard InChI is InChI=1S/C12H19NO3S/c1-12(2,3)10-5-4-6-11(9-10)17(15,16)13-7-8-14/h4-6,9,13-14H,7-8H2,1-3H3. The topological polar surface area (TPSA) is 66.4 Å². The average molecular weight is 257 g/mol. The Morgan fingerprint density at radius 2 is 1.94 bits per heavy atom. The molecule has 0 unspecified atom stereocenters. The Kier molecular flexibility index (Phi) is 4.30. The highest BCUT2D eigenvalue weighted by Gasteiger charge is 2.18. The summed E-state index contributed by atoms with van der Waals surface area (Å²) in [7, 11) is -3.52. The van der Waals surface area contributed by atoms with Crippen molar-refractivity contribution in [1.29, 1.82) is 0 Å². The molecular weight excluding hydrogens is 238 g/mol. The Morgan fingerprint density at radius 1 is 1.29 bits per heavy atom. The molecule has 2 N–H and O–H groups in total. The van der Waals surface area contributed by atoms with Gasteiger partial charge in [0.15, 0.2) is 0 Å². The summed E-state index contributed by atoms with van der Waals surface area (Å²) in [5.41, 5.74) is 0.868. The van der Waals surface area contributed by atoms with E-state index < -0.39 is 10.0 Å². The third-order valence-corrected chi connectivity index (χ3v) is 3.87. The predicted octanol–water partition coefficient (Wildman–Crippen LogP) is 1.25. The minimum Gasteiger partial charge on any atom is -0.395 e. The Morgan fingerprint density at radius 3 is 2.47 bits per heavy atom. The molecule has 1 aromatic carbocycles. The number of hydrogen-bond donors (Lipinski definition) is 2. The summed E-state index contributed by atoms with van der Waals surface area (Å²) in [5, 5.41) is 8.63. The SMILES string of the molecule is CC(C)(C)c1cccc(S(=O)(=O)NCCO)c1. The van der Waals surface area contributed by atoms with Gasteiger partial charge in [-0.05, 0) is 23.1 Å². The fourth-order valence-electron chi connectivity index (χ4n) is 1.39. The number of nitrogens with one attached hydrogen (secondary N) is 1. The molecule has 0 spiro atoms. The van der Waals surface area contributed by atoms with Crippen molar-refractivity contribution in [3.8, 4) is 0 Å². The van der Waals surface area contributed by atoms with Gasteiger partial charge in [-0.25, -0.2) is 13.1 Å². The van der Waals surface area contributed by atoms with Gasteiger partial charge in [0.05, 0.1) is 11.5 Å². The van der Waals surface area contributed by atoms with E-state index >= 15 is 0 Å². The molecule has 0 saturated heterocycles. The molecule has 96 valence electrons. The smallest absolute Gasteiger partial charge is 0.240 e. The van der Waals surface area contributed by atoms with E-state index in [9.17, 15) is 8.42 Å². The quantitative estimate of drug-likeness (QED) is 0.853.